The lowest BCUT2D eigenvalue weighted by Crippen LogP contribution is -2.55. The van der Waals surface area contributed by atoms with E-state index in [9.17, 15) is 20.1 Å². The van der Waals surface area contributed by atoms with Gasteiger partial charge in [0.2, 0.25) is 0 Å². The second-order valence-corrected chi connectivity index (χ2v) is 6.70. The summed E-state index contributed by atoms with van der Waals surface area (Å²) in [5.74, 6) is 0. The van der Waals surface area contributed by atoms with Crippen molar-refractivity contribution in [2.75, 3.05) is 19.7 Å². The first-order valence-corrected chi connectivity index (χ1v) is 7.25. The Bertz CT molecular complexity index is 320. The Morgan fingerprint density at radius 1 is 1.35 bits per heavy atom. The van der Waals surface area contributed by atoms with Gasteiger partial charge in [0.25, 0.3) is 0 Å². The molecule has 118 valence electrons. The van der Waals surface area contributed by atoms with Gasteiger partial charge in [0.15, 0.2) is 0 Å². The molecule has 4 N–H and O–H groups in total. The average molecular weight is 288 g/mol. The number of nitrogens with zero attached hydrogens (tertiary/aromatic N) is 1. The third kappa shape index (κ3) is 4.61. The number of hydrogen-bond acceptors (Lipinski definition) is 4. The van der Waals surface area contributed by atoms with Gasteiger partial charge in [0, 0.05) is 24.2 Å². The number of nitrogens with one attached hydrogen (secondary N) is 1. The standard InChI is InChI=1S/C14H28N2O4/c1-13(2,3)16(12(19)20)9-8-15-14(10-17)6-4-11(18)5-7-14/h11,15,17-18H,4-10H2,1-3H3,(H,19,20)/t11-,14+. The SMILES string of the molecule is CC(C)(C)N(CCN[C@]1(CO)CC[C@H](O)CC1)C(=O)O. The van der Waals surface area contributed by atoms with Crippen LogP contribution in [0.15, 0.2) is 0 Å². The van der Waals surface area contributed by atoms with E-state index in [1.807, 2.05) is 20.8 Å². The van der Waals surface area contributed by atoms with E-state index >= 15 is 0 Å². The zero-order valence-corrected chi connectivity index (χ0v) is 12.7. The molecule has 0 heterocycles. The van der Waals surface area contributed by atoms with E-state index in [-0.39, 0.29) is 18.2 Å². The van der Waals surface area contributed by atoms with Crippen molar-refractivity contribution in [2.24, 2.45) is 0 Å². The highest BCUT2D eigenvalue weighted by Gasteiger charge is 2.34. The smallest absolute Gasteiger partial charge is 0.407 e. The van der Waals surface area contributed by atoms with Crippen LogP contribution in [0, 0.1) is 0 Å². The summed E-state index contributed by atoms with van der Waals surface area (Å²) in [6, 6.07) is 0. The molecule has 0 atom stereocenters. The lowest BCUT2D eigenvalue weighted by Gasteiger charge is -2.40. The monoisotopic (exact) mass is 288 g/mol. The van der Waals surface area contributed by atoms with Crippen molar-refractivity contribution in [2.45, 2.75) is 63.6 Å². The molecule has 0 aromatic heterocycles. The van der Waals surface area contributed by atoms with E-state index in [4.69, 9.17) is 0 Å². The third-order valence-corrected chi connectivity index (χ3v) is 4.09. The first-order valence-electron chi connectivity index (χ1n) is 7.25. The summed E-state index contributed by atoms with van der Waals surface area (Å²) in [5.41, 5.74) is -0.816. The maximum Gasteiger partial charge on any atom is 0.407 e. The van der Waals surface area contributed by atoms with Crippen LogP contribution >= 0.6 is 0 Å². The highest BCUT2D eigenvalue weighted by Crippen LogP contribution is 2.28. The lowest BCUT2D eigenvalue weighted by atomic mass is 9.81. The van der Waals surface area contributed by atoms with Gasteiger partial charge in [-0.1, -0.05) is 0 Å². The Kier molecular flexibility index (Phi) is 5.79. The largest absolute Gasteiger partial charge is 0.465 e. The summed E-state index contributed by atoms with van der Waals surface area (Å²) >= 11 is 0. The third-order valence-electron chi connectivity index (χ3n) is 4.09. The summed E-state index contributed by atoms with van der Waals surface area (Å²) in [7, 11) is 0. The van der Waals surface area contributed by atoms with Crippen LogP contribution in [0.1, 0.15) is 46.5 Å². The van der Waals surface area contributed by atoms with Gasteiger partial charge >= 0.3 is 6.09 Å². The molecule has 0 radical (unpaired) electrons. The van der Waals surface area contributed by atoms with Crippen molar-refractivity contribution < 1.29 is 20.1 Å². The molecule has 0 bridgehead atoms. The van der Waals surface area contributed by atoms with E-state index in [1.165, 1.54) is 4.90 Å². The highest BCUT2D eigenvalue weighted by molar-refractivity contribution is 5.65. The summed E-state index contributed by atoms with van der Waals surface area (Å²) in [6.45, 7) is 6.48. The predicted molar refractivity (Wildman–Crippen MR) is 76.8 cm³/mol. The predicted octanol–water partition coefficient (Wildman–Crippen LogP) is 1.02. The Morgan fingerprint density at radius 3 is 2.30 bits per heavy atom. The minimum absolute atomic E-state index is 0.0162. The maximum atomic E-state index is 11.2. The molecule has 0 saturated heterocycles. The quantitative estimate of drug-likeness (QED) is 0.606. The highest BCUT2D eigenvalue weighted by atomic mass is 16.4. The molecule has 20 heavy (non-hydrogen) atoms. The average Bonchev–Trinajstić information content (AvgIpc) is 2.35. The fourth-order valence-corrected chi connectivity index (χ4v) is 2.70. The normalized spacial score (nSPS) is 27.4. The second kappa shape index (κ2) is 6.74. The van der Waals surface area contributed by atoms with E-state index in [0.29, 0.717) is 38.8 Å². The number of hydrogen-bond donors (Lipinski definition) is 4. The number of rotatable bonds is 5. The van der Waals surface area contributed by atoms with Crippen molar-refractivity contribution in [1.29, 1.82) is 0 Å². The van der Waals surface area contributed by atoms with Crippen molar-refractivity contribution in [3.8, 4) is 0 Å². The van der Waals surface area contributed by atoms with Crippen molar-refractivity contribution >= 4 is 6.09 Å². The van der Waals surface area contributed by atoms with E-state index in [2.05, 4.69) is 5.32 Å². The lowest BCUT2D eigenvalue weighted by molar-refractivity contribution is 0.0481. The van der Waals surface area contributed by atoms with E-state index in [1.54, 1.807) is 0 Å². The molecule has 0 aromatic rings. The van der Waals surface area contributed by atoms with Crippen LogP contribution in [0.3, 0.4) is 0 Å². The number of amides is 1. The summed E-state index contributed by atoms with van der Waals surface area (Å²) in [4.78, 5) is 12.6. The molecule has 0 spiro atoms. The van der Waals surface area contributed by atoms with Crippen LogP contribution in [0.2, 0.25) is 0 Å². The molecule has 1 aliphatic rings. The minimum Gasteiger partial charge on any atom is -0.465 e. The van der Waals surface area contributed by atoms with Crippen LogP contribution < -0.4 is 5.32 Å². The molecular weight excluding hydrogens is 260 g/mol. The summed E-state index contributed by atoms with van der Waals surface area (Å²) in [6.07, 6.45) is 1.57. The number of carboxylic acid groups (broad SMARTS) is 1. The van der Waals surface area contributed by atoms with Crippen molar-refractivity contribution in [1.82, 2.24) is 10.2 Å². The van der Waals surface area contributed by atoms with Gasteiger partial charge < -0.3 is 25.5 Å². The topological polar surface area (TPSA) is 93.0 Å². The Morgan fingerprint density at radius 2 is 1.90 bits per heavy atom. The van der Waals surface area contributed by atoms with Crippen LogP contribution in [0.5, 0.6) is 0 Å². The van der Waals surface area contributed by atoms with Gasteiger partial charge in [-0.25, -0.2) is 4.79 Å². The molecule has 1 rings (SSSR count). The molecule has 6 nitrogen and oxygen atoms in total. The number of aliphatic hydroxyl groups excluding tert-OH is 2. The Balaban J connectivity index is 2.50. The molecule has 0 aliphatic heterocycles. The Labute approximate surface area is 120 Å². The number of carbonyl (C=O) groups is 1. The van der Waals surface area contributed by atoms with Gasteiger partial charge in [0.1, 0.15) is 0 Å². The molecule has 1 amide bonds. The van der Waals surface area contributed by atoms with Gasteiger partial charge in [-0.2, -0.15) is 0 Å². The molecule has 1 fully saturated rings. The second-order valence-electron chi connectivity index (χ2n) is 6.70. The van der Waals surface area contributed by atoms with Gasteiger partial charge in [-0.15, -0.1) is 0 Å². The molecular formula is C14H28N2O4. The molecule has 1 aliphatic carbocycles. The summed E-state index contributed by atoms with van der Waals surface area (Å²) in [5, 5.41) is 31.6. The van der Waals surface area contributed by atoms with Crippen LogP contribution in [-0.4, -0.2) is 63.2 Å². The molecule has 6 heteroatoms. The van der Waals surface area contributed by atoms with Gasteiger partial charge in [0.05, 0.1) is 12.7 Å². The minimum atomic E-state index is -0.934. The maximum absolute atomic E-state index is 11.2. The van der Waals surface area contributed by atoms with Crippen molar-refractivity contribution in [3.05, 3.63) is 0 Å². The first kappa shape index (κ1) is 17.2. The first-order chi connectivity index (χ1) is 9.20. The summed E-state index contributed by atoms with van der Waals surface area (Å²) < 4.78 is 0. The van der Waals surface area contributed by atoms with E-state index in [0.717, 1.165) is 0 Å². The van der Waals surface area contributed by atoms with E-state index < -0.39 is 11.6 Å². The van der Waals surface area contributed by atoms with Crippen molar-refractivity contribution in [3.63, 3.8) is 0 Å². The molecule has 0 unspecified atom stereocenters. The van der Waals surface area contributed by atoms with Gasteiger partial charge in [-0.05, 0) is 46.5 Å². The molecule has 0 aromatic carbocycles. The Hall–Kier alpha value is -0.850. The van der Waals surface area contributed by atoms with Crippen LogP contribution in [0.4, 0.5) is 4.79 Å². The molecule has 1 saturated carbocycles. The number of aliphatic hydroxyl groups is 2. The van der Waals surface area contributed by atoms with Crippen LogP contribution in [0.25, 0.3) is 0 Å². The zero-order chi connectivity index (χ0) is 15.4. The van der Waals surface area contributed by atoms with Gasteiger partial charge in [-0.3, -0.25) is 0 Å². The van der Waals surface area contributed by atoms with Crippen LogP contribution in [-0.2, 0) is 0 Å². The fraction of sp³-hybridized carbons (Fsp3) is 0.929. The fourth-order valence-electron chi connectivity index (χ4n) is 2.70. The zero-order valence-electron chi connectivity index (χ0n) is 12.7.